The molecule has 0 aliphatic rings. The summed E-state index contributed by atoms with van der Waals surface area (Å²) in [6, 6.07) is 10.7. The minimum atomic E-state index is -4.29. The van der Waals surface area contributed by atoms with Gasteiger partial charge in [0.2, 0.25) is 0 Å². The normalized spacial score (nSPS) is 11.4. The molecule has 0 fully saturated rings. The predicted octanol–water partition coefficient (Wildman–Crippen LogP) is 4.21. The Morgan fingerprint density at radius 3 is 2.25 bits per heavy atom. The van der Waals surface area contributed by atoms with Gasteiger partial charge < -0.3 is 11.1 Å². The molecular weight excluding hydrogens is 265 g/mol. The Morgan fingerprint density at radius 2 is 1.70 bits per heavy atom. The molecule has 0 aromatic heterocycles. The predicted molar refractivity (Wildman–Crippen MR) is 74.4 cm³/mol. The number of aryl methyl sites for hydroxylation is 1. The highest BCUT2D eigenvalue weighted by atomic mass is 19.4. The zero-order valence-corrected chi connectivity index (χ0v) is 11.0. The first-order valence-corrected chi connectivity index (χ1v) is 6.12. The van der Waals surface area contributed by atoms with Crippen LogP contribution in [-0.4, -0.2) is 0 Å². The van der Waals surface area contributed by atoms with Crippen LogP contribution in [0.4, 0.5) is 24.5 Å². The van der Waals surface area contributed by atoms with Gasteiger partial charge in [-0.15, -0.1) is 0 Å². The fourth-order valence-electron chi connectivity index (χ4n) is 1.93. The topological polar surface area (TPSA) is 38.0 Å². The average Bonchev–Trinajstić information content (AvgIpc) is 2.35. The highest BCUT2D eigenvalue weighted by molar-refractivity contribution is 5.56. The lowest BCUT2D eigenvalue weighted by atomic mass is 10.1. The third-order valence-corrected chi connectivity index (χ3v) is 2.88. The van der Waals surface area contributed by atoms with Crippen molar-refractivity contribution in [3.8, 4) is 0 Å². The minimum Gasteiger partial charge on any atom is -0.399 e. The van der Waals surface area contributed by atoms with Gasteiger partial charge in [-0.25, -0.2) is 0 Å². The van der Waals surface area contributed by atoms with E-state index in [2.05, 4.69) is 5.32 Å². The van der Waals surface area contributed by atoms with Crippen molar-refractivity contribution in [3.05, 3.63) is 59.2 Å². The van der Waals surface area contributed by atoms with E-state index in [0.717, 1.165) is 28.9 Å². The van der Waals surface area contributed by atoms with Crippen LogP contribution in [0, 0.1) is 6.92 Å². The number of nitrogen functional groups attached to an aromatic ring is 1. The third kappa shape index (κ3) is 3.66. The van der Waals surface area contributed by atoms with Crippen LogP contribution in [0.25, 0.3) is 0 Å². The molecule has 20 heavy (non-hydrogen) atoms. The second kappa shape index (κ2) is 5.45. The van der Waals surface area contributed by atoms with Crippen molar-refractivity contribution in [2.24, 2.45) is 0 Å². The minimum absolute atomic E-state index is 0.445. The van der Waals surface area contributed by atoms with Crippen LogP contribution in [0.2, 0.25) is 0 Å². The number of nitrogens with two attached hydrogens (primary N) is 1. The first-order chi connectivity index (χ1) is 9.34. The molecule has 0 amide bonds. The smallest absolute Gasteiger partial charge is 0.399 e. The van der Waals surface area contributed by atoms with Crippen LogP contribution in [0.1, 0.15) is 16.7 Å². The number of hydrogen-bond donors (Lipinski definition) is 2. The van der Waals surface area contributed by atoms with Gasteiger partial charge in [-0.2, -0.15) is 13.2 Å². The van der Waals surface area contributed by atoms with E-state index in [1.165, 1.54) is 12.1 Å². The van der Waals surface area contributed by atoms with E-state index in [0.29, 0.717) is 12.2 Å². The van der Waals surface area contributed by atoms with Crippen molar-refractivity contribution >= 4 is 11.4 Å². The van der Waals surface area contributed by atoms with Crippen LogP contribution in [0.3, 0.4) is 0 Å². The molecule has 0 bridgehead atoms. The van der Waals surface area contributed by atoms with Gasteiger partial charge in [0, 0.05) is 17.9 Å². The second-order valence-corrected chi connectivity index (χ2v) is 4.68. The first-order valence-electron chi connectivity index (χ1n) is 6.12. The SMILES string of the molecule is Cc1cc(N)cc(NCc2ccc(C(F)(F)F)cc2)c1. The molecule has 2 nitrogen and oxygen atoms in total. The lowest BCUT2D eigenvalue weighted by Crippen LogP contribution is -2.05. The van der Waals surface area contributed by atoms with E-state index in [1.54, 1.807) is 6.07 Å². The summed E-state index contributed by atoms with van der Waals surface area (Å²) in [4.78, 5) is 0. The summed E-state index contributed by atoms with van der Waals surface area (Å²) in [6.07, 6.45) is -4.29. The van der Waals surface area contributed by atoms with Crippen molar-refractivity contribution in [1.82, 2.24) is 0 Å². The van der Waals surface area contributed by atoms with Gasteiger partial charge in [0.15, 0.2) is 0 Å². The van der Waals surface area contributed by atoms with E-state index < -0.39 is 11.7 Å². The summed E-state index contributed by atoms with van der Waals surface area (Å²) in [6.45, 7) is 2.38. The van der Waals surface area contributed by atoms with Crippen LogP contribution >= 0.6 is 0 Å². The maximum atomic E-state index is 12.4. The fourth-order valence-corrected chi connectivity index (χ4v) is 1.93. The zero-order valence-electron chi connectivity index (χ0n) is 11.0. The number of alkyl halides is 3. The monoisotopic (exact) mass is 280 g/mol. The zero-order chi connectivity index (χ0) is 14.8. The molecule has 5 heteroatoms. The number of anilines is 2. The summed E-state index contributed by atoms with van der Waals surface area (Å²) < 4.78 is 37.3. The Balaban J connectivity index is 2.04. The number of benzene rings is 2. The maximum Gasteiger partial charge on any atom is 0.416 e. The standard InChI is InChI=1S/C15H15F3N2/c1-10-6-13(19)8-14(7-10)20-9-11-2-4-12(5-3-11)15(16,17)18/h2-8,20H,9,19H2,1H3. The Morgan fingerprint density at radius 1 is 1.05 bits per heavy atom. The molecule has 0 radical (unpaired) electrons. The van der Waals surface area contributed by atoms with Crippen molar-refractivity contribution in [2.75, 3.05) is 11.1 Å². The Kier molecular flexibility index (Phi) is 3.88. The van der Waals surface area contributed by atoms with E-state index in [-0.39, 0.29) is 0 Å². The molecule has 2 aromatic carbocycles. The molecule has 2 rings (SSSR count). The van der Waals surface area contributed by atoms with Gasteiger partial charge in [-0.05, 0) is 48.4 Å². The van der Waals surface area contributed by atoms with Crippen molar-refractivity contribution < 1.29 is 13.2 Å². The molecule has 3 N–H and O–H groups in total. The Labute approximate surface area is 115 Å². The molecule has 0 saturated carbocycles. The molecule has 0 spiro atoms. The van der Waals surface area contributed by atoms with Gasteiger partial charge in [0.25, 0.3) is 0 Å². The highest BCUT2D eigenvalue weighted by Gasteiger charge is 2.29. The number of halogens is 3. The molecule has 0 atom stereocenters. The van der Waals surface area contributed by atoms with Crippen LogP contribution in [0.5, 0.6) is 0 Å². The Bertz CT molecular complexity index is 569. The van der Waals surface area contributed by atoms with Crippen molar-refractivity contribution in [2.45, 2.75) is 19.6 Å². The van der Waals surface area contributed by atoms with Gasteiger partial charge in [-0.1, -0.05) is 12.1 Å². The highest BCUT2D eigenvalue weighted by Crippen LogP contribution is 2.29. The first kappa shape index (κ1) is 14.2. The summed E-state index contributed by atoms with van der Waals surface area (Å²) in [5.74, 6) is 0. The molecule has 0 saturated heterocycles. The van der Waals surface area contributed by atoms with Gasteiger partial charge in [0.1, 0.15) is 0 Å². The summed E-state index contributed by atoms with van der Waals surface area (Å²) in [5.41, 5.74) is 8.40. The quantitative estimate of drug-likeness (QED) is 0.827. The third-order valence-electron chi connectivity index (χ3n) is 2.88. The van der Waals surface area contributed by atoms with Crippen molar-refractivity contribution in [3.63, 3.8) is 0 Å². The van der Waals surface area contributed by atoms with Gasteiger partial charge in [-0.3, -0.25) is 0 Å². The lowest BCUT2D eigenvalue weighted by molar-refractivity contribution is -0.137. The second-order valence-electron chi connectivity index (χ2n) is 4.68. The molecule has 2 aromatic rings. The lowest BCUT2D eigenvalue weighted by Gasteiger charge is -2.10. The van der Waals surface area contributed by atoms with Crippen LogP contribution in [0.15, 0.2) is 42.5 Å². The molecule has 0 unspecified atom stereocenters. The van der Waals surface area contributed by atoms with E-state index in [9.17, 15) is 13.2 Å². The number of rotatable bonds is 3. The largest absolute Gasteiger partial charge is 0.416 e. The molecular formula is C15H15F3N2. The van der Waals surface area contributed by atoms with E-state index in [4.69, 9.17) is 5.73 Å². The summed E-state index contributed by atoms with van der Waals surface area (Å²) >= 11 is 0. The maximum absolute atomic E-state index is 12.4. The van der Waals surface area contributed by atoms with Crippen molar-refractivity contribution in [1.29, 1.82) is 0 Å². The van der Waals surface area contributed by atoms with Gasteiger partial charge >= 0.3 is 6.18 Å². The molecule has 0 aliphatic carbocycles. The number of hydrogen-bond acceptors (Lipinski definition) is 2. The molecule has 0 heterocycles. The van der Waals surface area contributed by atoms with Gasteiger partial charge in [0.05, 0.1) is 5.56 Å². The Hall–Kier alpha value is -2.17. The number of nitrogens with one attached hydrogen (secondary N) is 1. The van der Waals surface area contributed by atoms with Crippen LogP contribution < -0.4 is 11.1 Å². The summed E-state index contributed by atoms with van der Waals surface area (Å²) in [5, 5.41) is 3.14. The average molecular weight is 280 g/mol. The molecule has 106 valence electrons. The summed E-state index contributed by atoms with van der Waals surface area (Å²) in [7, 11) is 0. The van der Waals surface area contributed by atoms with Crippen LogP contribution in [-0.2, 0) is 12.7 Å². The van der Waals surface area contributed by atoms with E-state index in [1.807, 2.05) is 19.1 Å². The van der Waals surface area contributed by atoms with E-state index >= 15 is 0 Å². The fraction of sp³-hybridized carbons (Fsp3) is 0.200. The molecule has 0 aliphatic heterocycles.